The van der Waals surface area contributed by atoms with Crippen LogP contribution in [-0.4, -0.2) is 12.5 Å². The number of carbonyl (C=O) groups is 1. The summed E-state index contributed by atoms with van der Waals surface area (Å²) in [5.41, 5.74) is 4.37. The monoisotopic (exact) mass is 554 g/mol. The molecule has 4 aromatic carbocycles. The zero-order valence-electron chi connectivity index (χ0n) is 21.0. The van der Waals surface area contributed by atoms with Crippen molar-refractivity contribution >= 4 is 44.4 Å². The van der Waals surface area contributed by atoms with Gasteiger partial charge in [0.25, 0.3) is 5.91 Å². The predicted octanol–water partition coefficient (Wildman–Crippen LogP) is 7.74. The number of rotatable bonds is 8. The lowest BCUT2D eigenvalue weighted by molar-refractivity contribution is -0.112. The zero-order valence-corrected chi connectivity index (χ0v) is 22.6. The quantitative estimate of drug-likeness (QED) is 0.178. The summed E-state index contributed by atoms with van der Waals surface area (Å²) >= 11 is 3.57. The second-order valence-corrected chi connectivity index (χ2v) is 9.41. The van der Waals surface area contributed by atoms with Gasteiger partial charge in [-0.3, -0.25) is 4.79 Å². The largest absolute Gasteiger partial charge is 0.490 e. The number of hydrogen-bond donors (Lipinski definition) is 1. The maximum atomic E-state index is 12.9. The maximum Gasteiger partial charge on any atom is 0.266 e. The summed E-state index contributed by atoms with van der Waals surface area (Å²) in [5.74, 6) is 0.624. The van der Waals surface area contributed by atoms with Gasteiger partial charge in [-0.15, -0.1) is 0 Å². The number of fused-ring (bicyclic) bond motifs is 1. The summed E-state index contributed by atoms with van der Waals surface area (Å²) < 4.78 is 12.7. The van der Waals surface area contributed by atoms with Crippen LogP contribution in [0.15, 0.2) is 82.8 Å². The molecular weight excluding hydrogens is 528 g/mol. The van der Waals surface area contributed by atoms with Crippen LogP contribution in [0, 0.1) is 25.2 Å². The number of nitrogens with zero attached hydrogens (tertiary/aromatic N) is 1. The summed E-state index contributed by atoms with van der Waals surface area (Å²) in [6, 6.07) is 25.6. The van der Waals surface area contributed by atoms with Crippen molar-refractivity contribution in [3.05, 3.63) is 105 Å². The van der Waals surface area contributed by atoms with Gasteiger partial charge in [-0.1, -0.05) is 70.5 Å². The van der Waals surface area contributed by atoms with Crippen molar-refractivity contribution in [2.24, 2.45) is 0 Å². The van der Waals surface area contributed by atoms with Gasteiger partial charge in [0.1, 0.15) is 18.2 Å². The molecule has 0 atom stereocenters. The number of halogens is 1. The SMILES string of the molecule is CCOc1cc(/C=C(\C#N)C(=O)Nc2cccc(C)c2C)c(Br)cc1OCc1cccc2ccccc12. The van der Waals surface area contributed by atoms with Crippen molar-refractivity contribution in [1.29, 1.82) is 5.26 Å². The van der Waals surface area contributed by atoms with E-state index in [4.69, 9.17) is 9.47 Å². The maximum absolute atomic E-state index is 12.9. The number of amides is 1. The first-order chi connectivity index (χ1) is 17.9. The Morgan fingerprint density at radius 2 is 1.73 bits per heavy atom. The van der Waals surface area contributed by atoms with Crippen LogP contribution in [0.3, 0.4) is 0 Å². The van der Waals surface area contributed by atoms with Crippen LogP contribution in [0.1, 0.15) is 29.2 Å². The van der Waals surface area contributed by atoms with Crippen molar-refractivity contribution in [2.45, 2.75) is 27.4 Å². The first-order valence-corrected chi connectivity index (χ1v) is 12.8. The number of hydrogen-bond acceptors (Lipinski definition) is 4. The summed E-state index contributed by atoms with van der Waals surface area (Å²) in [5, 5.41) is 14.9. The molecule has 0 aliphatic carbocycles. The van der Waals surface area contributed by atoms with E-state index in [0.717, 1.165) is 27.5 Å². The Bertz CT molecular complexity index is 1530. The van der Waals surface area contributed by atoms with E-state index in [2.05, 4.69) is 39.4 Å². The van der Waals surface area contributed by atoms with E-state index in [-0.39, 0.29) is 5.57 Å². The number of nitriles is 1. The molecule has 186 valence electrons. The third-order valence-corrected chi connectivity index (χ3v) is 6.83. The van der Waals surface area contributed by atoms with Crippen molar-refractivity contribution in [3.63, 3.8) is 0 Å². The number of nitrogens with one attached hydrogen (secondary N) is 1. The molecule has 0 aliphatic rings. The number of carbonyl (C=O) groups excluding carboxylic acids is 1. The second kappa shape index (κ2) is 11.8. The highest BCUT2D eigenvalue weighted by molar-refractivity contribution is 9.10. The Balaban J connectivity index is 1.60. The van der Waals surface area contributed by atoms with Gasteiger partial charge in [0, 0.05) is 10.2 Å². The van der Waals surface area contributed by atoms with Gasteiger partial charge in [0.15, 0.2) is 11.5 Å². The highest BCUT2D eigenvalue weighted by atomic mass is 79.9. The third kappa shape index (κ3) is 6.02. The van der Waals surface area contributed by atoms with Gasteiger partial charge < -0.3 is 14.8 Å². The standard InChI is InChI=1S/C31H27BrN2O3/c1-4-36-29-16-24(15-25(18-33)31(35)34-28-14-7-9-20(2)21(28)3)27(32)17-30(29)37-19-23-12-8-11-22-10-5-6-13-26(22)23/h5-17H,4,19H2,1-3H3,(H,34,35)/b25-15+. The molecule has 4 aromatic rings. The Morgan fingerprint density at radius 1 is 1.00 bits per heavy atom. The average Bonchev–Trinajstić information content (AvgIpc) is 2.90. The van der Waals surface area contributed by atoms with Gasteiger partial charge in [-0.2, -0.15) is 5.26 Å². The van der Waals surface area contributed by atoms with Crippen molar-refractivity contribution in [3.8, 4) is 17.6 Å². The van der Waals surface area contributed by atoms with E-state index in [9.17, 15) is 10.1 Å². The molecule has 4 rings (SSSR count). The number of benzene rings is 4. The molecule has 6 heteroatoms. The van der Waals surface area contributed by atoms with Crippen LogP contribution >= 0.6 is 15.9 Å². The molecule has 0 spiro atoms. The fourth-order valence-corrected chi connectivity index (χ4v) is 4.43. The first-order valence-electron chi connectivity index (χ1n) is 12.0. The summed E-state index contributed by atoms with van der Waals surface area (Å²) in [6.07, 6.45) is 1.54. The van der Waals surface area contributed by atoms with Crippen molar-refractivity contribution < 1.29 is 14.3 Å². The lowest BCUT2D eigenvalue weighted by atomic mass is 10.1. The van der Waals surface area contributed by atoms with E-state index in [1.165, 1.54) is 0 Å². The normalized spacial score (nSPS) is 11.2. The first kappa shape index (κ1) is 26.0. The number of anilines is 1. The molecule has 0 aromatic heterocycles. The minimum atomic E-state index is -0.475. The van der Waals surface area contributed by atoms with Crippen LogP contribution in [0.25, 0.3) is 16.8 Å². The van der Waals surface area contributed by atoms with Crippen LogP contribution < -0.4 is 14.8 Å². The van der Waals surface area contributed by atoms with Crippen LogP contribution in [0.5, 0.6) is 11.5 Å². The molecule has 0 saturated carbocycles. The molecule has 1 amide bonds. The predicted molar refractivity (Wildman–Crippen MR) is 152 cm³/mol. The van der Waals surface area contributed by atoms with Crippen molar-refractivity contribution in [2.75, 3.05) is 11.9 Å². The van der Waals surface area contributed by atoms with Crippen LogP contribution in [0.4, 0.5) is 5.69 Å². The highest BCUT2D eigenvalue weighted by Gasteiger charge is 2.15. The van der Waals surface area contributed by atoms with E-state index >= 15 is 0 Å². The lowest BCUT2D eigenvalue weighted by Crippen LogP contribution is -2.14. The van der Waals surface area contributed by atoms with E-state index in [1.807, 2.05) is 69.3 Å². The average molecular weight is 555 g/mol. The van der Waals surface area contributed by atoms with Gasteiger partial charge in [0.05, 0.1) is 6.61 Å². The van der Waals surface area contributed by atoms with E-state index in [0.29, 0.717) is 40.4 Å². The molecule has 0 heterocycles. The Labute approximate surface area is 225 Å². The van der Waals surface area contributed by atoms with Crippen LogP contribution in [-0.2, 0) is 11.4 Å². The molecule has 1 N–H and O–H groups in total. The lowest BCUT2D eigenvalue weighted by Gasteiger charge is -2.15. The Kier molecular flexibility index (Phi) is 8.27. The van der Waals surface area contributed by atoms with E-state index < -0.39 is 5.91 Å². The molecule has 0 bridgehead atoms. The molecule has 0 unspecified atom stereocenters. The fourth-order valence-electron chi connectivity index (χ4n) is 4.00. The number of ether oxygens (including phenoxy) is 2. The molecule has 0 aliphatic heterocycles. The smallest absolute Gasteiger partial charge is 0.266 e. The van der Waals surface area contributed by atoms with Gasteiger partial charge in [-0.25, -0.2) is 0 Å². The zero-order chi connectivity index (χ0) is 26.4. The fraction of sp³-hybridized carbons (Fsp3) is 0.161. The summed E-state index contributed by atoms with van der Waals surface area (Å²) in [4.78, 5) is 12.9. The molecule has 37 heavy (non-hydrogen) atoms. The van der Waals surface area contributed by atoms with Gasteiger partial charge in [-0.05, 0) is 78.1 Å². The molecular formula is C31H27BrN2O3. The topological polar surface area (TPSA) is 71.3 Å². The summed E-state index contributed by atoms with van der Waals surface area (Å²) in [7, 11) is 0. The highest BCUT2D eigenvalue weighted by Crippen LogP contribution is 2.36. The summed E-state index contributed by atoms with van der Waals surface area (Å²) in [6.45, 7) is 6.60. The van der Waals surface area contributed by atoms with Crippen LogP contribution in [0.2, 0.25) is 0 Å². The van der Waals surface area contributed by atoms with E-state index in [1.54, 1.807) is 18.2 Å². The van der Waals surface area contributed by atoms with Crippen molar-refractivity contribution in [1.82, 2.24) is 0 Å². The second-order valence-electron chi connectivity index (χ2n) is 8.55. The van der Waals surface area contributed by atoms with Gasteiger partial charge >= 0.3 is 0 Å². The Hall–Kier alpha value is -4.08. The minimum absolute atomic E-state index is 0.0199. The molecule has 0 radical (unpaired) electrons. The Morgan fingerprint density at radius 3 is 2.51 bits per heavy atom. The number of aryl methyl sites for hydroxylation is 1. The minimum Gasteiger partial charge on any atom is -0.490 e. The molecule has 0 fully saturated rings. The third-order valence-electron chi connectivity index (χ3n) is 6.14. The van der Waals surface area contributed by atoms with Gasteiger partial charge in [0.2, 0.25) is 0 Å². The molecule has 0 saturated heterocycles. The molecule has 5 nitrogen and oxygen atoms in total.